The third kappa shape index (κ3) is 4.50. The van der Waals surface area contributed by atoms with Crippen LogP contribution in [0.3, 0.4) is 0 Å². The Labute approximate surface area is 160 Å². The van der Waals surface area contributed by atoms with Gasteiger partial charge in [-0.05, 0) is 13.0 Å². The number of rotatable bonds is 5. The summed E-state index contributed by atoms with van der Waals surface area (Å²) in [6.45, 7) is 3.03. The summed E-state index contributed by atoms with van der Waals surface area (Å²) in [7, 11) is -8.33. The van der Waals surface area contributed by atoms with Gasteiger partial charge in [0.15, 0.2) is 10.3 Å². The zero-order valence-corrected chi connectivity index (χ0v) is 17.3. The maximum absolute atomic E-state index is 12.0. The van der Waals surface area contributed by atoms with Crippen molar-refractivity contribution in [2.45, 2.75) is 13.8 Å². The first-order valence-electron chi connectivity index (χ1n) is 6.92. The van der Waals surface area contributed by atoms with E-state index in [1.165, 1.54) is 19.2 Å². The molecule has 0 aliphatic heterocycles. The van der Waals surface area contributed by atoms with Crippen molar-refractivity contribution in [2.24, 2.45) is 0 Å². The van der Waals surface area contributed by atoms with Gasteiger partial charge in [0.25, 0.3) is 0 Å². The number of hydrogen-bond acceptors (Lipinski definition) is 8. The Balaban J connectivity index is 2.65. The van der Waals surface area contributed by atoms with Gasteiger partial charge in [-0.1, -0.05) is 22.9 Å². The number of nitrogens with one attached hydrogen (secondary N) is 1. The molecular weight excluding hydrogens is 424 g/mol. The van der Waals surface area contributed by atoms with Gasteiger partial charge in [0.2, 0.25) is 26.0 Å². The standard InChI is InChI=1S/C13H15ClN4O5S3/c1-7-11(24-13(16-7)17-8(2)19)9-5-10(12(14)15-6-9)18(25(3,20)21)26(4,22)23/h5-6H,1-4H3,(H,16,17,19). The van der Waals surface area contributed by atoms with Gasteiger partial charge in [-0.2, -0.15) is 3.71 Å². The molecule has 0 aliphatic carbocycles. The number of sulfonamides is 2. The highest BCUT2D eigenvalue weighted by molar-refractivity contribution is 8.09. The molecule has 142 valence electrons. The van der Waals surface area contributed by atoms with Crippen LogP contribution in [0.4, 0.5) is 10.8 Å². The summed E-state index contributed by atoms with van der Waals surface area (Å²) in [5.41, 5.74) is 0.676. The van der Waals surface area contributed by atoms with Crippen molar-refractivity contribution in [3.8, 4) is 10.4 Å². The maximum atomic E-state index is 12.0. The second-order valence-electron chi connectivity index (χ2n) is 5.37. The van der Waals surface area contributed by atoms with E-state index < -0.39 is 20.0 Å². The number of aryl methyl sites for hydroxylation is 1. The van der Waals surface area contributed by atoms with Gasteiger partial charge in [-0.3, -0.25) is 4.79 Å². The molecule has 0 atom stereocenters. The molecular formula is C13H15ClN4O5S3. The van der Waals surface area contributed by atoms with Crippen molar-refractivity contribution < 1.29 is 21.6 Å². The Morgan fingerprint density at radius 3 is 2.31 bits per heavy atom. The summed E-state index contributed by atoms with van der Waals surface area (Å²) in [4.78, 5) is 19.8. The topological polar surface area (TPSA) is 126 Å². The van der Waals surface area contributed by atoms with Gasteiger partial charge in [-0.15, -0.1) is 0 Å². The normalized spacial score (nSPS) is 12.0. The first kappa shape index (κ1) is 20.6. The average molecular weight is 439 g/mol. The molecule has 0 saturated carbocycles. The van der Waals surface area contributed by atoms with Gasteiger partial charge in [0, 0.05) is 18.7 Å². The highest BCUT2D eigenvalue weighted by atomic mass is 35.5. The molecule has 0 unspecified atom stereocenters. The van der Waals surface area contributed by atoms with Crippen molar-refractivity contribution in [3.05, 3.63) is 23.1 Å². The lowest BCUT2D eigenvalue weighted by atomic mass is 10.2. The van der Waals surface area contributed by atoms with E-state index in [2.05, 4.69) is 15.3 Å². The van der Waals surface area contributed by atoms with Crippen LogP contribution in [0.1, 0.15) is 12.6 Å². The molecule has 1 amide bonds. The van der Waals surface area contributed by atoms with Crippen molar-refractivity contribution in [1.82, 2.24) is 9.97 Å². The summed E-state index contributed by atoms with van der Waals surface area (Å²) in [6, 6.07) is 1.30. The summed E-state index contributed by atoms with van der Waals surface area (Å²) >= 11 is 7.09. The molecule has 0 aromatic carbocycles. The largest absolute Gasteiger partial charge is 0.302 e. The first-order valence-corrected chi connectivity index (χ1v) is 11.8. The lowest BCUT2D eigenvalue weighted by Gasteiger charge is -2.20. The van der Waals surface area contributed by atoms with Crippen LogP contribution < -0.4 is 9.03 Å². The van der Waals surface area contributed by atoms with Crippen LogP contribution >= 0.6 is 22.9 Å². The zero-order valence-electron chi connectivity index (χ0n) is 14.1. The smallest absolute Gasteiger partial charge is 0.245 e. The van der Waals surface area contributed by atoms with Gasteiger partial charge in [0.05, 0.1) is 23.1 Å². The minimum atomic E-state index is -4.17. The molecule has 2 heterocycles. The second kappa shape index (κ2) is 7.10. The van der Waals surface area contributed by atoms with Gasteiger partial charge < -0.3 is 5.32 Å². The molecule has 0 radical (unpaired) electrons. The van der Waals surface area contributed by atoms with E-state index >= 15 is 0 Å². The van der Waals surface area contributed by atoms with E-state index in [4.69, 9.17) is 11.6 Å². The van der Waals surface area contributed by atoms with Crippen LogP contribution in [0.5, 0.6) is 0 Å². The quantitative estimate of drug-likeness (QED) is 0.705. The minimum absolute atomic E-state index is 0.226. The maximum Gasteiger partial charge on any atom is 0.245 e. The number of nitrogens with zero attached hydrogens (tertiary/aromatic N) is 3. The summed E-state index contributed by atoms with van der Waals surface area (Å²) < 4.78 is 48.1. The number of carbonyl (C=O) groups is 1. The van der Waals surface area contributed by atoms with Crippen molar-refractivity contribution in [2.75, 3.05) is 21.5 Å². The number of aromatic nitrogens is 2. The number of halogens is 1. The van der Waals surface area contributed by atoms with Crippen LogP contribution in [0.2, 0.25) is 5.15 Å². The fourth-order valence-electron chi connectivity index (χ4n) is 2.16. The van der Waals surface area contributed by atoms with Crippen LogP contribution in [-0.2, 0) is 24.8 Å². The Morgan fingerprint density at radius 1 is 1.23 bits per heavy atom. The molecule has 0 aliphatic rings. The summed E-state index contributed by atoms with van der Waals surface area (Å²) in [5.74, 6) is -0.291. The molecule has 2 rings (SSSR count). The van der Waals surface area contributed by atoms with Crippen molar-refractivity contribution in [3.63, 3.8) is 0 Å². The van der Waals surface area contributed by atoms with Gasteiger partial charge in [-0.25, -0.2) is 26.8 Å². The molecule has 0 bridgehead atoms. The van der Waals surface area contributed by atoms with Crippen LogP contribution in [0, 0.1) is 6.92 Å². The number of thiazole rings is 1. The molecule has 13 heteroatoms. The zero-order chi connectivity index (χ0) is 19.9. The lowest BCUT2D eigenvalue weighted by molar-refractivity contribution is -0.114. The highest BCUT2D eigenvalue weighted by Gasteiger charge is 2.30. The highest BCUT2D eigenvalue weighted by Crippen LogP contribution is 2.37. The Morgan fingerprint density at radius 2 is 1.81 bits per heavy atom. The van der Waals surface area contributed by atoms with Crippen LogP contribution in [0.15, 0.2) is 12.3 Å². The van der Waals surface area contributed by atoms with Gasteiger partial charge in [0.1, 0.15) is 5.69 Å². The van der Waals surface area contributed by atoms with E-state index in [0.29, 0.717) is 21.3 Å². The molecule has 0 spiro atoms. The van der Waals surface area contributed by atoms with E-state index in [1.54, 1.807) is 6.92 Å². The van der Waals surface area contributed by atoms with E-state index in [1.807, 2.05) is 0 Å². The molecule has 1 N–H and O–H groups in total. The third-order valence-corrected chi connectivity index (χ3v) is 7.60. The predicted octanol–water partition coefficient (Wildman–Crippen LogP) is 1.85. The molecule has 9 nitrogen and oxygen atoms in total. The number of carbonyl (C=O) groups excluding carboxylic acids is 1. The molecule has 26 heavy (non-hydrogen) atoms. The average Bonchev–Trinajstić information content (AvgIpc) is 2.78. The Hall–Kier alpha value is -1.76. The third-order valence-electron chi connectivity index (χ3n) is 2.96. The lowest BCUT2D eigenvalue weighted by Crippen LogP contribution is -2.35. The number of anilines is 2. The van der Waals surface area contributed by atoms with E-state index in [9.17, 15) is 21.6 Å². The Bertz CT molecular complexity index is 1050. The SMILES string of the molecule is CC(=O)Nc1nc(C)c(-c2cnc(Cl)c(N(S(C)(=O)=O)S(C)(=O)=O)c2)s1. The molecule has 0 saturated heterocycles. The van der Waals surface area contributed by atoms with Gasteiger partial charge >= 0.3 is 0 Å². The van der Waals surface area contributed by atoms with E-state index in [-0.39, 0.29) is 20.5 Å². The molecule has 2 aromatic heterocycles. The molecule has 2 aromatic rings. The van der Waals surface area contributed by atoms with Crippen molar-refractivity contribution >= 4 is 59.7 Å². The monoisotopic (exact) mass is 438 g/mol. The number of hydrogen-bond donors (Lipinski definition) is 1. The van der Waals surface area contributed by atoms with Crippen LogP contribution in [0.25, 0.3) is 10.4 Å². The first-order chi connectivity index (χ1) is 11.8. The van der Waals surface area contributed by atoms with E-state index in [0.717, 1.165) is 23.8 Å². The second-order valence-corrected chi connectivity index (χ2v) is 10.6. The number of pyridine rings is 1. The summed E-state index contributed by atoms with van der Waals surface area (Å²) in [5, 5.41) is 2.62. The van der Waals surface area contributed by atoms with Crippen LogP contribution in [-0.4, -0.2) is 45.2 Å². The predicted molar refractivity (Wildman–Crippen MR) is 102 cm³/mol. The number of amides is 1. The Kier molecular flexibility index (Phi) is 5.61. The minimum Gasteiger partial charge on any atom is -0.302 e. The summed E-state index contributed by atoms with van der Waals surface area (Å²) in [6.07, 6.45) is 2.88. The molecule has 0 fully saturated rings. The van der Waals surface area contributed by atoms with Crippen molar-refractivity contribution in [1.29, 1.82) is 0 Å². The fourth-order valence-corrected chi connectivity index (χ4v) is 6.40. The fraction of sp³-hybridized carbons (Fsp3) is 0.308.